The number of ether oxygens (including phenoxy) is 1. The summed E-state index contributed by atoms with van der Waals surface area (Å²) in [6.45, 7) is 3.54. The van der Waals surface area contributed by atoms with Gasteiger partial charge in [-0.3, -0.25) is 4.79 Å². The van der Waals surface area contributed by atoms with E-state index in [1.807, 2.05) is 0 Å². The van der Waals surface area contributed by atoms with Crippen LogP contribution in [-0.4, -0.2) is 29.5 Å². The van der Waals surface area contributed by atoms with Crippen LogP contribution in [-0.2, 0) is 9.53 Å². The van der Waals surface area contributed by atoms with Crippen molar-refractivity contribution in [2.45, 2.75) is 19.9 Å². The number of amides is 1. The Labute approximate surface area is 105 Å². The number of primary amides is 1. The number of aromatic nitrogens is 1. The van der Waals surface area contributed by atoms with Gasteiger partial charge >= 0.3 is 5.97 Å². The van der Waals surface area contributed by atoms with Crippen molar-refractivity contribution >= 4 is 23.4 Å². The monoisotopic (exact) mass is 252 g/mol. The first-order chi connectivity index (χ1) is 8.45. The molecule has 1 atom stereocenters. The minimum atomic E-state index is -0.601. The zero-order valence-electron chi connectivity index (χ0n) is 10.3. The first-order valence-electron chi connectivity index (χ1n) is 5.44. The van der Waals surface area contributed by atoms with E-state index in [0.29, 0.717) is 5.82 Å². The zero-order chi connectivity index (χ0) is 13.7. The average molecular weight is 252 g/mol. The van der Waals surface area contributed by atoms with Crippen LogP contribution in [0.1, 0.15) is 24.2 Å². The van der Waals surface area contributed by atoms with E-state index >= 15 is 0 Å². The smallest absolute Gasteiger partial charge is 0.340 e. The summed E-state index contributed by atoms with van der Waals surface area (Å²) < 4.78 is 4.85. The van der Waals surface area contributed by atoms with E-state index in [1.165, 1.54) is 12.3 Å². The molecule has 1 unspecified atom stereocenters. The van der Waals surface area contributed by atoms with Crippen LogP contribution in [0, 0.1) is 0 Å². The van der Waals surface area contributed by atoms with Crippen LogP contribution >= 0.6 is 0 Å². The zero-order valence-corrected chi connectivity index (χ0v) is 10.3. The van der Waals surface area contributed by atoms with Crippen molar-refractivity contribution in [2.24, 2.45) is 5.73 Å². The summed E-state index contributed by atoms with van der Waals surface area (Å²) in [5.41, 5.74) is 11.2. The van der Waals surface area contributed by atoms with Gasteiger partial charge in [0, 0.05) is 0 Å². The molecule has 0 aliphatic rings. The van der Waals surface area contributed by atoms with E-state index in [9.17, 15) is 9.59 Å². The molecule has 1 amide bonds. The Morgan fingerprint density at radius 1 is 1.56 bits per heavy atom. The van der Waals surface area contributed by atoms with Crippen LogP contribution in [0.3, 0.4) is 0 Å². The molecular formula is C11H16N4O3. The lowest BCUT2D eigenvalue weighted by atomic mass is 10.2. The van der Waals surface area contributed by atoms with Gasteiger partial charge in [0.15, 0.2) is 0 Å². The van der Waals surface area contributed by atoms with Gasteiger partial charge in [-0.15, -0.1) is 0 Å². The lowest BCUT2D eigenvalue weighted by Gasteiger charge is -2.12. The number of nitrogens with one attached hydrogen (secondary N) is 1. The van der Waals surface area contributed by atoms with Gasteiger partial charge < -0.3 is 21.5 Å². The number of esters is 1. The number of carbonyl (C=O) groups excluding carboxylic acids is 2. The SMILES string of the molecule is CCOC(=O)c1cc(NC(C)C(N)=O)ncc1N. The van der Waals surface area contributed by atoms with E-state index < -0.39 is 17.9 Å². The Morgan fingerprint density at radius 2 is 2.22 bits per heavy atom. The number of nitrogens with two attached hydrogens (primary N) is 2. The maximum absolute atomic E-state index is 11.6. The largest absolute Gasteiger partial charge is 0.462 e. The molecule has 1 rings (SSSR count). The summed E-state index contributed by atoms with van der Waals surface area (Å²) in [7, 11) is 0. The van der Waals surface area contributed by atoms with Gasteiger partial charge in [0.05, 0.1) is 24.1 Å². The van der Waals surface area contributed by atoms with Gasteiger partial charge in [0.2, 0.25) is 5.91 Å². The highest BCUT2D eigenvalue weighted by Gasteiger charge is 2.14. The fourth-order valence-electron chi connectivity index (χ4n) is 1.22. The summed E-state index contributed by atoms with van der Waals surface area (Å²) in [4.78, 5) is 26.4. The molecule has 1 heterocycles. The van der Waals surface area contributed by atoms with Gasteiger partial charge in [-0.2, -0.15) is 0 Å². The summed E-state index contributed by atoms with van der Waals surface area (Å²) in [6, 6.07) is 0.823. The normalized spacial score (nSPS) is 11.7. The van der Waals surface area contributed by atoms with Gasteiger partial charge in [0.25, 0.3) is 0 Å². The first kappa shape index (κ1) is 13.8. The van der Waals surface area contributed by atoms with Crippen LogP contribution < -0.4 is 16.8 Å². The fourth-order valence-corrected chi connectivity index (χ4v) is 1.22. The van der Waals surface area contributed by atoms with Gasteiger partial charge in [-0.25, -0.2) is 9.78 Å². The average Bonchev–Trinajstić information content (AvgIpc) is 2.31. The molecule has 0 fully saturated rings. The number of hydrogen-bond donors (Lipinski definition) is 3. The predicted molar refractivity (Wildman–Crippen MR) is 66.9 cm³/mol. The highest BCUT2D eigenvalue weighted by Crippen LogP contribution is 2.16. The minimum absolute atomic E-state index is 0.200. The van der Waals surface area contributed by atoms with Crippen molar-refractivity contribution in [1.82, 2.24) is 4.98 Å². The molecule has 0 bridgehead atoms. The van der Waals surface area contributed by atoms with Crippen molar-refractivity contribution in [3.05, 3.63) is 17.8 Å². The first-order valence-corrected chi connectivity index (χ1v) is 5.44. The molecule has 0 radical (unpaired) electrons. The minimum Gasteiger partial charge on any atom is -0.462 e. The molecule has 7 heteroatoms. The maximum Gasteiger partial charge on any atom is 0.340 e. The Bertz CT molecular complexity index is 462. The van der Waals surface area contributed by atoms with Crippen molar-refractivity contribution in [2.75, 3.05) is 17.7 Å². The lowest BCUT2D eigenvalue weighted by Crippen LogP contribution is -2.32. The molecule has 0 spiro atoms. The second kappa shape index (κ2) is 5.85. The van der Waals surface area contributed by atoms with Crippen molar-refractivity contribution < 1.29 is 14.3 Å². The summed E-state index contributed by atoms with van der Waals surface area (Å²) in [6.07, 6.45) is 1.32. The van der Waals surface area contributed by atoms with Crippen LogP contribution in [0.2, 0.25) is 0 Å². The Hall–Kier alpha value is -2.31. The number of anilines is 2. The number of nitrogen functional groups attached to an aromatic ring is 1. The third-order valence-corrected chi connectivity index (χ3v) is 2.22. The van der Waals surface area contributed by atoms with Crippen LogP contribution in [0.25, 0.3) is 0 Å². The summed E-state index contributed by atoms with van der Waals surface area (Å²) >= 11 is 0. The van der Waals surface area contributed by atoms with Gasteiger partial charge in [-0.1, -0.05) is 0 Å². The molecule has 0 aliphatic carbocycles. The molecule has 0 saturated carbocycles. The molecule has 5 N–H and O–H groups in total. The van der Waals surface area contributed by atoms with Gasteiger partial charge in [0.1, 0.15) is 11.9 Å². The standard InChI is InChI=1S/C11H16N4O3/c1-3-18-11(17)7-4-9(14-5-8(7)12)15-6(2)10(13)16/h4-6H,3,12H2,1-2H3,(H2,13,16)(H,14,15). The molecule has 1 aromatic heterocycles. The highest BCUT2D eigenvalue weighted by molar-refractivity contribution is 5.95. The number of nitrogens with zero attached hydrogens (tertiary/aromatic N) is 1. The third kappa shape index (κ3) is 3.34. The quantitative estimate of drug-likeness (QED) is 0.640. The van der Waals surface area contributed by atoms with Crippen molar-refractivity contribution in [3.63, 3.8) is 0 Å². The molecule has 0 aromatic carbocycles. The van der Waals surface area contributed by atoms with Gasteiger partial charge in [-0.05, 0) is 19.9 Å². The number of pyridine rings is 1. The lowest BCUT2D eigenvalue weighted by molar-refractivity contribution is -0.118. The van der Waals surface area contributed by atoms with E-state index in [2.05, 4.69) is 10.3 Å². The van der Waals surface area contributed by atoms with Crippen molar-refractivity contribution in [3.8, 4) is 0 Å². The van der Waals surface area contributed by atoms with E-state index in [4.69, 9.17) is 16.2 Å². The molecule has 0 saturated heterocycles. The topological polar surface area (TPSA) is 120 Å². The maximum atomic E-state index is 11.6. The molecule has 1 aromatic rings. The summed E-state index contributed by atoms with van der Waals surface area (Å²) in [5, 5.41) is 2.76. The predicted octanol–water partition coefficient (Wildman–Crippen LogP) is 0.126. The van der Waals surface area contributed by atoms with E-state index in [-0.39, 0.29) is 17.9 Å². The second-order valence-corrected chi connectivity index (χ2v) is 3.65. The number of hydrogen-bond acceptors (Lipinski definition) is 6. The molecular weight excluding hydrogens is 236 g/mol. The highest BCUT2D eigenvalue weighted by atomic mass is 16.5. The molecule has 7 nitrogen and oxygen atoms in total. The third-order valence-electron chi connectivity index (χ3n) is 2.22. The van der Waals surface area contributed by atoms with E-state index in [1.54, 1.807) is 13.8 Å². The fraction of sp³-hybridized carbons (Fsp3) is 0.364. The Morgan fingerprint density at radius 3 is 2.78 bits per heavy atom. The Balaban J connectivity index is 2.93. The van der Waals surface area contributed by atoms with Crippen LogP contribution in [0.4, 0.5) is 11.5 Å². The Kier molecular flexibility index (Phi) is 4.47. The van der Waals surface area contributed by atoms with Crippen LogP contribution in [0.5, 0.6) is 0 Å². The summed E-state index contributed by atoms with van der Waals surface area (Å²) in [5.74, 6) is -0.725. The molecule has 0 aliphatic heterocycles. The molecule has 98 valence electrons. The second-order valence-electron chi connectivity index (χ2n) is 3.65. The number of rotatable bonds is 5. The van der Waals surface area contributed by atoms with Crippen LogP contribution in [0.15, 0.2) is 12.3 Å². The molecule has 18 heavy (non-hydrogen) atoms. The number of carbonyl (C=O) groups is 2. The van der Waals surface area contributed by atoms with E-state index in [0.717, 1.165) is 0 Å². The van der Waals surface area contributed by atoms with Crippen molar-refractivity contribution in [1.29, 1.82) is 0 Å².